The van der Waals surface area contributed by atoms with E-state index in [9.17, 15) is 0 Å². The van der Waals surface area contributed by atoms with Gasteiger partial charge in [0.05, 0.1) is 0 Å². The third kappa shape index (κ3) is 244. The summed E-state index contributed by atoms with van der Waals surface area (Å²) in [7, 11) is -10.3. The minimum atomic E-state index is -5.17. The standard InChI is InChI=1S/4Na.2H2O4S/c;;;;2*1-5(2,3)4/h;;;;2*(H2,1,2,3,4)/q4*+1;;/p-4. The molecule has 64 valence electrons. The summed E-state index contributed by atoms with van der Waals surface area (Å²) in [5.74, 6) is 0. The van der Waals surface area contributed by atoms with E-state index in [-0.39, 0.29) is 118 Å². The molecule has 0 radical (unpaired) electrons. The van der Waals surface area contributed by atoms with E-state index in [0.29, 0.717) is 0 Å². The molecule has 0 atom stereocenters. The number of rotatable bonds is 0. The van der Waals surface area contributed by atoms with Crippen molar-refractivity contribution < 1.29 is 153 Å². The van der Waals surface area contributed by atoms with Crippen LogP contribution in [0, 0.1) is 0 Å². The van der Waals surface area contributed by atoms with Crippen molar-refractivity contribution in [1.29, 1.82) is 0 Å². The maximum atomic E-state index is 8.52. The van der Waals surface area contributed by atoms with Crippen LogP contribution in [0.1, 0.15) is 0 Å². The molecule has 0 aliphatic carbocycles. The van der Waals surface area contributed by atoms with Crippen LogP contribution in [-0.4, -0.2) is 35.0 Å². The van der Waals surface area contributed by atoms with E-state index in [0.717, 1.165) is 0 Å². The first-order chi connectivity index (χ1) is 4.00. The van der Waals surface area contributed by atoms with Gasteiger partial charge in [0.15, 0.2) is 0 Å². The van der Waals surface area contributed by atoms with Crippen molar-refractivity contribution in [3.05, 3.63) is 0 Å². The molecule has 0 spiro atoms. The minimum absolute atomic E-state index is 0. The molecule has 0 aliphatic heterocycles. The average molecular weight is 284 g/mol. The first kappa shape index (κ1) is 36.1. The van der Waals surface area contributed by atoms with Gasteiger partial charge < -0.3 is 18.2 Å². The van der Waals surface area contributed by atoms with Crippen molar-refractivity contribution in [2.75, 3.05) is 0 Å². The summed E-state index contributed by atoms with van der Waals surface area (Å²) < 4.78 is 68.2. The van der Waals surface area contributed by atoms with E-state index in [1.165, 1.54) is 0 Å². The second-order valence-electron chi connectivity index (χ2n) is 0.816. The summed E-state index contributed by atoms with van der Waals surface area (Å²) in [5, 5.41) is 0. The molecular weight excluding hydrogens is 284 g/mol. The van der Waals surface area contributed by atoms with E-state index in [1.54, 1.807) is 0 Å². The molecule has 0 heterocycles. The Hall–Kier alpha value is 3.74. The monoisotopic (exact) mass is 284 g/mol. The Morgan fingerprint density at radius 1 is 0.500 bits per heavy atom. The third-order valence-corrected chi connectivity index (χ3v) is 0. The predicted octanol–water partition coefficient (Wildman–Crippen LogP) is -14.7. The number of hydrogen-bond donors (Lipinski definition) is 0. The van der Waals surface area contributed by atoms with Crippen LogP contribution in [0.5, 0.6) is 0 Å². The maximum Gasteiger partial charge on any atom is 1.00 e. The molecule has 14 heteroatoms. The zero-order valence-corrected chi connectivity index (χ0v) is 17.7. The van der Waals surface area contributed by atoms with Crippen LogP contribution in [0.25, 0.3) is 0 Å². The average Bonchev–Trinajstić information content (AvgIpc) is 1.12. The quantitative estimate of drug-likeness (QED) is 0.240. The van der Waals surface area contributed by atoms with Crippen LogP contribution in [0.2, 0.25) is 0 Å². The summed E-state index contributed by atoms with van der Waals surface area (Å²) in [6.45, 7) is 0. The minimum Gasteiger partial charge on any atom is -0.759 e. The van der Waals surface area contributed by atoms with Gasteiger partial charge in [0.2, 0.25) is 0 Å². The van der Waals surface area contributed by atoms with Crippen molar-refractivity contribution in [3.8, 4) is 0 Å². The molecule has 0 bridgehead atoms. The smallest absolute Gasteiger partial charge is 0.759 e. The molecule has 0 saturated heterocycles. The van der Waals surface area contributed by atoms with Gasteiger partial charge in [0.1, 0.15) is 0 Å². The van der Waals surface area contributed by atoms with Crippen LogP contribution in [0.15, 0.2) is 0 Å². The van der Waals surface area contributed by atoms with E-state index in [4.69, 9.17) is 35.0 Å². The van der Waals surface area contributed by atoms with Crippen LogP contribution < -0.4 is 118 Å². The first-order valence-electron chi connectivity index (χ1n) is 1.33. The van der Waals surface area contributed by atoms with E-state index in [1.807, 2.05) is 0 Å². The van der Waals surface area contributed by atoms with E-state index >= 15 is 0 Å². The molecule has 14 heavy (non-hydrogen) atoms. The molecule has 0 saturated carbocycles. The van der Waals surface area contributed by atoms with Gasteiger partial charge in [-0.05, 0) is 0 Å². The zero-order valence-electron chi connectivity index (χ0n) is 8.08. The Bertz CT molecular complexity index is 216. The van der Waals surface area contributed by atoms with Gasteiger partial charge in [0.25, 0.3) is 0 Å². The summed E-state index contributed by atoms with van der Waals surface area (Å²) in [4.78, 5) is 0. The molecule has 0 aromatic carbocycles. The molecule has 0 unspecified atom stereocenters. The molecule has 0 aromatic heterocycles. The van der Waals surface area contributed by atoms with Gasteiger partial charge in [0, 0.05) is 20.8 Å². The molecule has 0 N–H and O–H groups in total. The predicted molar refractivity (Wildman–Crippen MR) is 20.9 cm³/mol. The molecule has 0 amide bonds. The van der Waals surface area contributed by atoms with Crippen LogP contribution >= 0.6 is 0 Å². The molecule has 0 rings (SSSR count). The summed E-state index contributed by atoms with van der Waals surface area (Å²) >= 11 is 0. The Labute approximate surface area is 170 Å². The van der Waals surface area contributed by atoms with Crippen LogP contribution in [-0.2, 0) is 20.8 Å². The molecule has 0 aliphatic rings. The third-order valence-electron chi connectivity index (χ3n) is 0. The fourth-order valence-corrected chi connectivity index (χ4v) is 0. The van der Waals surface area contributed by atoms with Crippen molar-refractivity contribution >= 4 is 20.8 Å². The second kappa shape index (κ2) is 16.7. The summed E-state index contributed by atoms with van der Waals surface area (Å²) in [6, 6.07) is 0. The van der Waals surface area contributed by atoms with Crippen molar-refractivity contribution in [1.82, 2.24) is 0 Å². The van der Waals surface area contributed by atoms with Crippen molar-refractivity contribution in [3.63, 3.8) is 0 Å². The molecular formula is Na4O8S2. The van der Waals surface area contributed by atoms with Crippen molar-refractivity contribution in [2.24, 2.45) is 0 Å². The van der Waals surface area contributed by atoms with Gasteiger partial charge in [-0.1, -0.05) is 0 Å². The largest absolute Gasteiger partial charge is 1.00 e. The van der Waals surface area contributed by atoms with Crippen LogP contribution in [0.4, 0.5) is 0 Å². The SMILES string of the molecule is O=S(=O)([O-])[O-].O=S(=O)([O-])[O-].[Na+].[Na+].[Na+].[Na+]. The van der Waals surface area contributed by atoms with E-state index < -0.39 is 20.8 Å². The Morgan fingerprint density at radius 3 is 0.500 bits per heavy atom. The normalized spacial score (nSPS) is 8.29. The summed E-state index contributed by atoms with van der Waals surface area (Å²) in [6.07, 6.45) is 0. The Morgan fingerprint density at radius 2 is 0.500 bits per heavy atom. The van der Waals surface area contributed by atoms with Gasteiger partial charge in [-0.2, -0.15) is 0 Å². The summed E-state index contributed by atoms with van der Waals surface area (Å²) in [5.41, 5.74) is 0. The van der Waals surface area contributed by atoms with Gasteiger partial charge in [-0.15, -0.1) is 0 Å². The van der Waals surface area contributed by atoms with E-state index in [2.05, 4.69) is 0 Å². The fourth-order valence-electron chi connectivity index (χ4n) is 0. The van der Waals surface area contributed by atoms with Crippen molar-refractivity contribution in [2.45, 2.75) is 0 Å². The number of hydrogen-bond acceptors (Lipinski definition) is 8. The Balaban J connectivity index is -0.0000000178. The van der Waals surface area contributed by atoms with Crippen LogP contribution in [0.3, 0.4) is 0 Å². The topological polar surface area (TPSA) is 161 Å². The maximum absolute atomic E-state index is 8.52. The Kier molecular flexibility index (Phi) is 43.1. The van der Waals surface area contributed by atoms with Gasteiger partial charge in [-0.3, -0.25) is 16.8 Å². The zero-order chi connectivity index (χ0) is 9.00. The molecule has 8 nitrogen and oxygen atoms in total. The van der Waals surface area contributed by atoms with Gasteiger partial charge in [-0.25, -0.2) is 0 Å². The van der Waals surface area contributed by atoms with Gasteiger partial charge >= 0.3 is 118 Å². The molecule has 0 fully saturated rings. The first-order valence-corrected chi connectivity index (χ1v) is 4.00. The second-order valence-corrected chi connectivity index (χ2v) is 2.45. The fraction of sp³-hybridized carbons (Fsp3) is 0. The molecule has 0 aromatic rings.